The summed E-state index contributed by atoms with van der Waals surface area (Å²) in [7, 11) is 0. The predicted octanol–water partition coefficient (Wildman–Crippen LogP) is 2.60. The second kappa shape index (κ2) is 6.25. The molecule has 18 heavy (non-hydrogen) atoms. The van der Waals surface area contributed by atoms with E-state index in [0.717, 1.165) is 24.3 Å². The molecule has 1 amide bonds. The largest absolute Gasteiger partial charge is 0.449 e. The highest BCUT2D eigenvalue weighted by Gasteiger charge is 2.29. The third-order valence-corrected chi connectivity index (χ3v) is 2.04. The van der Waals surface area contributed by atoms with E-state index in [1.807, 2.05) is 0 Å². The molecule has 3 N–H and O–H groups in total. The van der Waals surface area contributed by atoms with Gasteiger partial charge in [-0.15, -0.1) is 0 Å². The van der Waals surface area contributed by atoms with Crippen LogP contribution in [0, 0.1) is 0 Å². The molecule has 0 aliphatic heterocycles. The summed E-state index contributed by atoms with van der Waals surface area (Å²) in [5.41, 5.74) is 4.67. The predicted molar refractivity (Wildman–Crippen MR) is 60.1 cm³/mol. The number of anilines is 1. The van der Waals surface area contributed by atoms with Crippen LogP contribution in [0.15, 0.2) is 24.3 Å². The second-order valence-electron chi connectivity index (χ2n) is 3.48. The van der Waals surface area contributed by atoms with Gasteiger partial charge in [0.15, 0.2) is 0 Å². The monoisotopic (exact) mass is 262 g/mol. The molecular weight excluding hydrogens is 249 g/mol. The molecule has 0 radical (unpaired) electrons. The smallest absolute Gasteiger partial charge is 0.416 e. The van der Waals surface area contributed by atoms with Gasteiger partial charge in [0.05, 0.1) is 12.2 Å². The molecular formula is C11H13F3N2O2. The Morgan fingerprint density at radius 3 is 2.39 bits per heavy atom. The van der Waals surface area contributed by atoms with E-state index in [1.165, 1.54) is 0 Å². The van der Waals surface area contributed by atoms with E-state index in [-0.39, 0.29) is 12.3 Å². The van der Waals surface area contributed by atoms with Gasteiger partial charge in [-0.3, -0.25) is 5.32 Å². The molecule has 0 unspecified atom stereocenters. The van der Waals surface area contributed by atoms with Crippen molar-refractivity contribution in [1.82, 2.24) is 0 Å². The lowest BCUT2D eigenvalue weighted by Gasteiger charge is -2.09. The molecule has 0 saturated heterocycles. The van der Waals surface area contributed by atoms with E-state index in [1.54, 1.807) is 0 Å². The van der Waals surface area contributed by atoms with E-state index in [9.17, 15) is 18.0 Å². The Morgan fingerprint density at radius 1 is 1.28 bits per heavy atom. The van der Waals surface area contributed by atoms with Gasteiger partial charge in [0.25, 0.3) is 0 Å². The number of carbonyl (C=O) groups is 1. The summed E-state index contributed by atoms with van der Waals surface area (Å²) in [5.74, 6) is 0. The maximum atomic E-state index is 12.3. The van der Waals surface area contributed by atoms with Crippen LogP contribution in [0.25, 0.3) is 0 Å². The van der Waals surface area contributed by atoms with Crippen LogP contribution in [0.4, 0.5) is 23.7 Å². The molecule has 0 heterocycles. The molecule has 4 nitrogen and oxygen atoms in total. The summed E-state index contributed by atoms with van der Waals surface area (Å²) in [6.07, 6.45) is -4.58. The van der Waals surface area contributed by atoms with Gasteiger partial charge in [-0.05, 0) is 37.2 Å². The van der Waals surface area contributed by atoms with Crippen molar-refractivity contribution in [2.75, 3.05) is 18.5 Å². The zero-order valence-corrected chi connectivity index (χ0v) is 9.46. The number of benzene rings is 1. The summed E-state index contributed by atoms with van der Waals surface area (Å²) in [4.78, 5) is 11.2. The quantitative estimate of drug-likeness (QED) is 0.820. The minimum Gasteiger partial charge on any atom is -0.449 e. The van der Waals surface area contributed by atoms with Gasteiger partial charge in [-0.25, -0.2) is 4.79 Å². The van der Waals surface area contributed by atoms with Gasteiger partial charge in [0, 0.05) is 5.69 Å². The minimum atomic E-state index is -4.39. The van der Waals surface area contributed by atoms with Crippen LogP contribution in [0.5, 0.6) is 0 Å². The number of halogens is 3. The van der Waals surface area contributed by atoms with Crippen LogP contribution in [-0.2, 0) is 10.9 Å². The first-order valence-corrected chi connectivity index (χ1v) is 5.24. The number of amides is 1. The number of nitrogens with two attached hydrogens (primary N) is 1. The summed E-state index contributed by atoms with van der Waals surface area (Å²) in [5, 5.41) is 2.31. The number of carbonyl (C=O) groups excluding carboxylic acids is 1. The van der Waals surface area contributed by atoms with Crippen LogP contribution >= 0.6 is 0 Å². The van der Waals surface area contributed by atoms with Gasteiger partial charge in [-0.2, -0.15) is 13.2 Å². The molecule has 0 saturated carbocycles. The number of ether oxygens (including phenoxy) is 1. The Balaban J connectivity index is 2.51. The average molecular weight is 262 g/mol. The number of hydrogen-bond donors (Lipinski definition) is 2. The van der Waals surface area contributed by atoms with Crippen molar-refractivity contribution in [2.45, 2.75) is 12.6 Å². The first kappa shape index (κ1) is 14.3. The van der Waals surface area contributed by atoms with E-state index in [4.69, 9.17) is 10.5 Å². The fourth-order valence-corrected chi connectivity index (χ4v) is 1.14. The number of rotatable bonds is 4. The highest BCUT2D eigenvalue weighted by atomic mass is 19.4. The zero-order valence-electron chi connectivity index (χ0n) is 9.46. The SMILES string of the molecule is NCCCOC(=O)Nc1ccc(C(F)(F)F)cc1. The Hall–Kier alpha value is -1.76. The molecule has 0 bridgehead atoms. The van der Waals surface area contributed by atoms with Gasteiger partial charge in [0.2, 0.25) is 0 Å². The zero-order chi connectivity index (χ0) is 13.6. The summed E-state index contributed by atoms with van der Waals surface area (Å²) in [6, 6.07) is 4.09. The Kier molecular flexibility index (Phi) is 4.96. The van der Waals surface area contributed by atoms with Crippen LogP contribution in [-0.4, -0.2) is 19.2 Å². The minimum absolute atomic E-state index is 0.170. The molecule has 1 aromatic carbocycles. The lowest BCUT2D eigenvalue weighted by atomic mass is 10.2. The molecule has 7 heteroatoms. The van der Waals surface area contributed by atoms with E-state index < -0.39 is 17.8 Å². The van der Waals surface area contributed by atoms with Crippen molar-refractivity contribution in [3.8, 4) is 0 Å². The number of hydrogen-bond acceptors (Lipinski definition) is 3. The van der Waals surface area contributed by atoms with Crippen molar-refractivity contribution in [1.29, 1.82) is 0 Å². The maximum absolute atomic E-state index is 12.3. The topological polar surface area (TPSA) is 64.3 Å². The number of nitrogens with one attached hydrogen (secondary N) is 1. The normalized spacial score (nSPS) is 11.1. The van der Waals surface area contributed by atoms with Gasteiger partial charge >= 0.3 is 12.3 Å². The van der Waals surface area contributed by atoms with Crippen molar-refractivity contribution >= 4 is 11.8 Å². The van der Waals surface area contributed by atoms with Crippen molar-refractivity contribution in [3.63, 3.8) is 0 Å². The summed E-state index contributed by atoms with van der Waals surface area (Å²) < 4.78 is 41.5. The van der Waals surface area contributed by atoms with Crippen LogP contribution < -0.4 is 11.1 Å². The average Bonchev–Trinajstić information content (AvgIpc) is 2.29. The fourth-order valence-electron chi connectivity index (χ4n) is 1.14. The summed E-state index contributed by atoms with van der Waals surface area (Å²) in [6.45, 7) is 0.566. The van der Waals surface area contributed by atoms with Crippen molar-refractivity contribution in [3.05, 3.63) is 29.8 Å². The Labute approximate surface area is 102 Å². The second-order valence-corrected chi connectivity index (χ2v) is 3.48. The van der Waals surface area contributed by atoms with Gasteiger partial charge in [-0.1, -0.05) is 0 Å². The molecule has 100 valence electrons. The number of alkyl halides is 3. The Morgan fingerprint density at radius 2 is 1.89 bits per heavy atom. The van der Waals surface area contributed by atoms with E-state index >= 15 is 0 Å². The van der Waals surface area contributed by atoms with Crippen molar-refractivity contribution in [2.24, 2.45) is 5.73 Å². The third-order valence-electron chi connectivity index (χ3n) is 2.04. The van der Waals surface area contributed by atoms with Gasteiger partial charge in [0.1, 0.15) is 0 Å². The summed E-state index contributed by atoms with van der Waals surface area (Å²) >= 11 is 0. The van der Waals surface area contributed by atoms with Crippen LogP contribution in [0.1, 0.15) is 12.0 Å². The fraction of sp³-hybridized carbons (Fsp3) is 0.364. The molecule has 1 aromatic rings. The standard InChI is InChI=1S/C11H13F3N2O2/c12-11(13,14)8-2-4-9(5-3-8)16-10(17)18-7-1-6-15/h2-5H,1,6-7,15H2,(H,16,17). The van der Waals surface area contributed by atoms with E-state index in [2.05, 4.69) is 5.32 Å². The van der Waals surface area contributed by atoms with Crippen LogP contribution in [0.3, 0.4) is 0 Å². The molecule has 1 rings (SSSR count). The maximum Gasteiger partial charge on any atom is 0.416 e. The molecule has 0 atom stereocenters. The van der Waals surface area contributed by atoms with E-state index in [0.29, 0.717) is 13.0 Å². The highest BCUT2D eigenvalue weighted by Crippen LogP contribution is 2.29. The molecule has 0 aliphatic carbocycles. The lowest BCUT2D eigenvalue weighted by Crippen LogP contribution is -2.16. The first-order chi connectivity index (χ1) is 8.43. The Bertz CT molecular complexity index is 390. The van der Waals surface area contributed by atoms with Crippen LogP contribution in [0.2, 0.25) is 0 Å². The molecule has 0 aromatic heterocycles. The third kappa shape index (κ3) is 4.62. The van der Waals surface area contributed by atoms with Crippen molar-refractivity contribution < 1.29 is 22.7 Å². The molecule has 0 fully saturated rings. The first-order valence-electron chi connectivity index (χ1n) is 5.24. The lowest BCUT2D eigenvalue weighted by molar-refractivity contribution is -0.137. The van der Waals surface area contributed by atoms with Gasteiger partial charge < -0.3 is 10.5 Å². The molecule has 0 aliphatic rings. The highest BCUT2D eigenvalue weighted by molar-refractivity contribution is 5.84. The molecule has 0 spiro atoms.